The number of hydrogen-bond donors (Lipinski definition) is 2. The smallest absolute Gasteiger partial charge is 0.306 e. The van der Waals surface area contributed by atoms with Crippen LogP contribution in [0, 0.1) is 5.92 Å². The minimum absolute atomic E-state index is 0.155. The monoisotopic (exact) mass is 277 g/mol. The van der Waals surface area contributed by atoms with Crippen molar-refractivity contribution < 1.29 is 14.6 Å². The second kappa shape index (κ2) is 7.29. The molecule has 1 saturated carbocycles. The minimum atomic E-state index is -0.651. The summed E-state index contributed by atoms with van der Waals surface area (Å²) in [4.78, 5) is 10.9. The molecule has 2 rings (SSSR count). The van der Waals surface area contributed by atoms with E-state index < -0.39 is 5.97 Å². The van der Waals surface area contributed by atoms with Gasteiger partial charge in [0.1, 0.15) is 0 Å². The lowest BCUT2D eigenvalue weighted by Crippen LogP contribution is -2.29. The Bertz CT molecular complexity index is 439. The van der Waals surface area contributed by atoms with Crippen LogP contribution in [0.5, 0.6) is 0 Å². The van der Waals surface area contributed by atoms with E-state index in [4.69, 9.17) is 9.84 Å². The van der Waals surface area contributed by atoms with Crippen molar-refractivity contribution >= 4 is 11.7 Å². The van der Waals surface area contributed by atoms with Gasteiger partial charge in [0.05, 0.1) is 12.5 Å². The van der Waals surface area contributed by atoms with Crippen LogP contribution in [0.1, 0.15) is 38.2 Å². The predicted octanol–water partition coefficient (Wildman–Crippen LogP) is 3.28. The molecule has 1 aliphatic rings. The molecule has 0 amide bonds. The number of carbonyl (C=O) groups is 1. The summed E-state index contributed by atoms with van der Waals surface area (Å²) >= 11 is 0. The van der Waals surface area contributed by atoms with Gasteiger partial charge in [0.15, 0.2) is 0 Å². The first kappa shape index (κ1) is 14.9. The first-order valence-corrected chi connectivity index (χ1v) is 7.35. The van der Waals surface area contributed by atoms with Crippen molar-refractivity contribution in [3.8, 4) is 0 Å². The van der Waals surface area contributed by atoms with Crippen molar-refractivity contribution in [2.75, 3.05) is 11.9 Å². The molecular weight excluding hydrogens is 254 g/mol. The zero-order valence-corrected chi connectivity index (χ0v) is 12.0. The van der Waals surface area contributed by atoms with Gasteiger partial charge in [-0.25, -0.2) is 0 Å². The van der Waals surface area contributed by atoms with Crippen LogP contribution in [-0.4, -0.2) is 23.7 Å². The van der Waals surface area contributed by atoms with Crippen LogP contribution in [-0.2, 0) is 16.1 Å². The summed E-state index contributed by atoms with van der Waals surface area (Å²) in [6, 6.07) is 8.63. The average molecular weight is 277 g/mol. The summed E-state index contributed by atoms with van der Waals surface area (Å²) in [6.45, 7) is 3.34. The number of carboxylic acid groups (broad SMARTS) is 1. The average Bonchev–Trinajstić information content (AvgIpc) is 2.46. The van der Waals surface area contributed by atoms with E-state index in [0.717, 1.165) is 43.5 Å². The van der Waals surface area contributed by atoms with Crippen molar-refractivity contribution in [2.45, 2.75) is 45.3 Å². The van der Waals surface area contributed by atoms with Crippen LogP contribution >= 0.6 is 0 Å². The van der Waals surface area contributed by atoms with Gasteiger partial charge in [-0.05, 0) is 50.3 Å². The molecule has 0 unspecified atom stereocenters. The number of benzene rings is 1. The van der Waals surface area contributed by atoms with E-state index in [1.807, 2.05) is 13.0 Å². The molecule has 2 N–H and O–H groups in total. The van der Waals surface area contributed by atoms with Gasteiger partial charge in [0, 0.05) is 18.3 Å². The molecule has 1 aromatic rings. The van der Waals surface area contributed by atoms with Crippen molar-refractivity contribution in [3.63, 3.8) is 0 Å². The van der Waals surface area contributed by atoms with Crippen LogP contribution in [0.25, 0.3) is 0 Å². The van der Waals surface area contributed by atoms with Gasteiger partial charge in [0.2, 0.25) is 0 Å². The first-order chi connectivity index (χ1) is 9.69. The molecule has 0 aliphatic heterocycles. The van der Waals surface area contributed by atoms with Crippen LogP contribution < -0.4 is 5.32 Å². The summed E-state index contributed by atoms with van der Waals surface area (Å²) in [5.41, 5.74) is 2.26. The molecule has 0 heterocycles. The quantitative estimate of drug-likeness (QED) is 0.837. The molecule has 0 saturated heterocycles. The fourth-order valence-electron chi connectivity index (χ4n) is 2.69. The molecule has 1 aromatic carbocycles. The summed E-state index contributed by atoms with van der Waals surface area (Å²) < 4.78 is 5.41. The number of rotatable bonds is 6. The Morgan fingerprint density at radius 3 is 2.75 bits per heavy atom. The Morgan fingerprint density at radius 2 is 2.10 bits per heavy atom. The molecular formula is C16H23NO3. The molecule has 0 spiro atoms. The lowest BCUT2D eigenvalue weighted by Gasteiger charge is -2.27. The normalized spacial score (nSPS) is 22.4. The topological polar surface area (TPSA) is 58.6 Å². The molecule has 4 heteroatoms. The second-order valence-electron chi connectivity index (χ2n) is 5.37. The number of aliphatic carboxylic acids is 1. The summed E-state index contributed by atoms with van der Waals surface area (Å²) in [6.07, 6.45) is 3.39. The summed E-state index contributed by atoms with van der Waals surface area (Å²) in [5, 5.41) is 12.5. The Labute approximate surface area is 120 Å². The number of ether oxygens (including phenoxy) is 1. The summed E-state index contributed by atoms with van der Waals surface area (Å²) in [7, 11) is 0. The SMILES string of the molecule is CCOCc1cccc(N[C@H]2CC[C@H](C(=O)O)CC2)c1. The summed E-state index contributed by atoms with van der Waals surface area (Å²) in [5.74, 6) is -0.806. The molecule has 1 aliphatic carbocycles. The van der Waals surface area contributed by atoms with Crippen molar-refractivity contribution in [1.29, 1.82) is 0 Å². The molecule has 110 valence electrons. The predicted molar refractivity (Wildman–Crippen MR) is 78.8 cm³/mol. The van der Waals surface area contributed by atoms with Crippen LogP contribution in [0.2, 0.25) is 0 Å². The van der Waals surface area contributed by atoms with Crippen molar-refractivity contribution in [2.24, 2.45) is 5.92 Å². The number of anilines is 1. The van der Waals surface area contributed by atoms with Crippen LogP contribution in [0.3, 0.4) is 0 Å². The number of nitrogens with one attached hydrogen (secondary N) is 1. The highest BCUT2D eigenvalue weighted by molar-refractivity contribution is 5.70. The maximum atomic E-state index is 10.9. The van der Waals surface area contributed by atoms with Gasteiger partial charge in [-0.3, -0.25) is 4.79 Å². The van der Waals surface area contributed by atoms with E-state index in [9.17, 15) is 4.79 Å². The molecule has 0 bridgehead atoms. The molecule has 0 atom stereocenters. The Hall–Kier alpha value is -1.55. The van der Waals surface area contributed by atoms with E-state index in [1.54, 1.807) is 0 Å². The molecule has 0 aromatic heterocycles. The van der Waals surface area contributed by atoms with E-state index >= 15 is 0 Å². The van der Waals surface area contributed by atoms with Crippen molar-refractivity contribution in [3.05, 3.63) is 29.8 Å². The third kappa shape index (κ3) is 4.23. The van der Waals surface area contributed by atoms with E-state index in [-0.39, 0.29) is 5.92 Å². The fourth-order valence-corrected chi connectivity index (χ4v) is 2.69. The van der Waals surface area contributed by atoms with E-state index in [1.165, 1.54) is 0 Å². The standard InChI is InChI=1S/C16H23NO3/c1-2-20-11-12-4-3-5-15(10-12)17-14-8-6-13(7-9-14)16(18)19/h3-5,10,13-14,17H,2,6-9,11H2,1H3,(H,18,19)/t13-,14-. The molecule has 4 nitrogen and oxygen atoms in total. The highest BCUT2D eigenvalue weighted by atomic mass is 16.5. The zero-order valence-electron chi connectivity index (χ0n) is 12.0. The van der Waals surface area contributed by atoms with Gasteiger partial charge in [-0.15, -0.1) is 0 Å². The third-order valence-corrected chi connectivity index (χ3v) is 3.85. The number of carboxylic acids is 1. The van der Waals surface area contributed by atoms with E-state index in [2.05, 4.69) is 23.5 Å². The second-order valence-corrected chi connectivity index (χ2v) is 5.37. The lowest BCUT2D eigenvalue weighted by atomic mass is 9.86. The van der Waals surface area contributed by atoms with Gasteiger partial charge in [-0.1, -0.05) is 12.1 Å². The number of hydrogen-bond acceptors (Lipinski definition) is 3. The minimum Gasteiger partial charge on any atom is -0.481 e. The Morgan fingerprint density at radius 1 is 1.35 bits per heavy atom. The maximum Gasteiger partial charge on any atom is 0.306 e. The van der Waals surface area contributed by atoms with Gasteiger partial charge in [-0.2, -0.15) is 0 Å². The lowest BCUT2D eigenvalue weighted by molar-refractivity contribution is -0.142. The highest BCUT2D eigenvalue weighted by Crippen LogP contribution is 2.27. The molecule has 0 radical (unpaired) electrons. The van der Waals surface area contributed by atoms with Crippen LogP contribution in [0.4, 0.5) is 5.69 Å². The molecule has 20 heavy (non-hydrogen) atoms. The Kier molecular flexibility index (Phi) is 5.41. The zero-order chi connectivity index (χ0) is 14.4. The van der Waals surface area contributed by atoms with Gasteiger partial charge in [0.25, 0.3) is 0 Å². The van der Waals surface area contributed by atoms with Crippen molar-refractivity contribution in [1.82, 2.24) is 0 Å². The van der Waals surface area contributed by atoms with Crippen LogP contribution in [0.15, 0.2) is 24.3 Å². The van der Waals surface area contributed by atoms with Gasteiger partial charge >= 0.3 is 5.97 Å². The Balaban J connectivity index is 1.86. The highest BCUT2D eigenvalue weighted by Gasteiger charge is 2.25. The first-order valence-electron chi connectivity index (χ1n) is 7.35. The third-order valence-electron chi connectivity index (χ3n) is 3.85. The van der Waals surface area contributed by atoms with E-state index in [0.29, 0.717) is 12.6 Å². The van der Waals surface area contributed by atoms with Gasteiger partial charge < -0.3 is 15.2 Å². The fraction of sp³-hybridized carbons (Fsp3) is 0.562. The largest absolute Gasteiger partial charge is 0.481 e. The maximum absolute atomic E-state index is 10.9. The molecule has 1 fully saturated rings.